The van der Waals surface area contributed by atoms with Crippen LogP contribution in [0, 0.1) is 10.8 Å². The van der Waals surface area contributed by atoms with Crippen LogP contribution in [-0.4, -0.2) is 28.9 Å². The molecule has 1 fully saturated rings. The Bertz CT molecular complexity index is 321. The Labute approximate surface area is 110 Å². The standard InChI is InChI=1S/C13H24N2OS/c1-5-13(6-2)7-8-15(9-13)11(16)12(3,4)10(14)17/h5-9H2,1-4H3,(H2,14,17). The molecule has 17 heavy (non-hydrogen) atoms. The lowest BCUT2D eigenvalue weighted by molar-refractivity contribution is -0.136. The molecule has 0 spiro atoms. The van der Waals surface area contributed by atoms with Crippen molar-refractivity contribution in [2.24, 2.45) is 16.6 Å². The topological polar surface area (TPSA) is 46.3 Å². The van der Waals surface area contributed by atoms with Gasteiger partial charge in [0.25, 0.3) is 0 Å². The minimum absolute atomic E-state index is 0.0776. The predicted octanol–water partition coefficient (Wildman–Crippen LogP) is 2.34. The Morgan fingerprint density at radius 3 is 2.29 bits per heavy atom. The molecule has 0 aromatic rings. The number of amides is 1. The predicted molar refractivity (Wildman–Crippen MR) is 74.8 cm³/mol. The maximum absolute atomic E-state index is 12.4. The molecule has 0 saturated carbocycles. The Morgan fingerprint density at radius 2 is 1.94 bits per heavy atom. The van der Waals surface area contributed by atoms with Gasteiger partial charge in [-0.1, -0.05) is 26.1 Å². The van der Waals surface area contributed by atoms with E-state index in [1.807, 2.05) is 18.7 Å². The third-order valence-corrected chi connectivity index (χ3v) is 4.89. The molecule has 0 aliphatic carbocycles. The number of likely N-dealkylation sites (tertiary alicyclic amines) is 1. The summed E-state index contributed by atoms with van der Waals surface area (Å²) in [5.74, 6) is 0.0776. The van der Waals surface area contributed by atoms with Crippen molar-refractivity contribution in [3.63, 3.8) is 0 Å². The molecule has 1 heterocycles. The number of thiocarbonyl (C=S) groups is 1. The summed E-state index contributed by atoms with van der Waals surface area (Å²) in [6.45, 7) is 9.73. The molecule has 98 valence electrons. The van der Waals surface area contributed by atoms with Crippen LogP contribution in [0.4, 0.5) is 0 Å². The molecule has 0 atom stereocenters. The van der Waals surface area contributed by atoms with Crippen molar-refractivity contribution in [3.8, 4) is 0 Å². The zero-order valence-corrected chi connectivity index (χ0v) is 12.2. The lowest BCUT2D eigenvalue weighted by atomic mass is 9.82. The van der Waals surface area contributed by atoms with E-state index in [1.165, 1.54) is 0 Å². The van der Waals surface area contributed by atoms with Crippen LogP contribution in [-0.2, 0) is 4.79 Å². The van der Waals surface area contributed by atoms with Crippen LogP contribution in [0.3, 0.4) is 0 Å². The van der Waals surface area contributed by atoms with E-state index >= 15 is 0 Å². The zero-order valence-electron chi connectivity index (χ0n) is 11.4. The van der Waals surface area contributed by atoms with Crippen LogP contribution in [0.15, 0.2) is 0 Å². The fourth-order valence-corrected chi connectivity index (χ4v) is 2.52. The highest BCUT2D eigenvalue weighted by Crippen LogP contribution is 2.38. The number of nitrogens with two attached hydrogens (primary N) is 1. The van der Waals surface area contributed by atoms with Gasteiger partial charge in [-0.15, -0.1) is 0 Å². The largest absolute Gasteiger partial charge is 0.392 e. The quantitative estimate of drug-likeness (QED) is 0.785. The molecule has 1 saturated heterocycles. The molecule has 1 rings (SSSR count). The second kappa shape index (κ2) is 4.92. The van der Waals surface area contributed by atoms with Gasteiger partial charge in [0.1, 0.15) is 0 Å². The van der Waals surface area contributed by atoms with Crippen LogP contribution in [0.1, 0.15) is 47.0 Å². The first-order chi connectivity index (χ1) is 7.79. The maximum atomic E-state index is 12.4. The Morgan fingerprint density at radius 1 is 1.41 bits per heavy atom. The van der Waals surface area contributed by atoms with Crippen molar-refractivity contribution in [3.05, 3.63) is 0 Å². The van der Waals surface area contributed by atoms with Gasteiger partial charge in [0, 0.05) is 13.1 Å². The number of carbonyl (C=O) groups is 1. The van der Waals surface area contributed by atoms with Crippen molar-refractivity contribution in [1.29, 1.82) is 0 Å². The van der Waals surface area contributed by atoms with Crippen molar-refractivity contribution in [2.75, 3.05) is 13.1 Å². The van der Waals surface area contributed by atoms with E-state index in [1.54, 1.807) is 0 Å². The lowest BCUT2D eigenvalue weighted by Gasteiger charge is -2.31. The minimum atomic E-state index is -0.715. The van der Waals surface area contributed by atoms with E-state index < -0.39 is 5.41 Å². The van der Waals surface area contributed by atoms with E-state index in [0.29, 0.717) is 5.41 Å². The molecule has 2 N–H and O–H groups in total. The number of nitrogens with zero attached hydrogens (tertiary/aromatic N) is 1. The van der Waals surface area contributed by atoms with Gasteiger partial charge in [0.2, 0.25) is 5.91 Å². The summed E-state index contributed by atoms with van der Waals surface area (Å²) < 4.78 is 0. The van der Waals surface area contributed by atoms with E-state index in [4.69, 9.17) is 18.0 Å². The molecule has 0 radical (unpaired) electrons. The summed E-state index contributed by atoms with van der Waals surface area (Å²) in [5.41, 5.74) is 5.25. The van der Waals surface area contributed by atoms with Crippen LogP contribution in [0.25, 0.3) is 0 Å². The molecular formula is C13H24N2OS. The van der Waals surface area contributed by atoms with Crippen LogP contribution in [0.5, 0.6) is 0 Å². The average Bonchev–Trinajstić information content (AvgIpc) is 2.72. The molecule has 0 bridgehead atoms. The number of carbonyl (C=O) groups excluding carboxylic acids is 1. The molecule has 4 heteroatoms. The highest BCUT2D eigenvalue weighted by atomic mass is 32.1. The molecule has 0 aromatic heterocycles. The van der Waals surface area contributed by atoms with Gasteiger partial charge in [0.05, 0.1) is 10.4 Å². The van der Waals surface area contributed by atoms with Gasteiger partial charge in [0.15, 0.2) is 0 Å². The average molecular weight is 256 g/mol. The van der Waals surface area contributed by atoms with E-state index in [2.05, 4.69) is 13.8 Å². The van der Waals surface area contributed by atoms with Crippen molar-refractivity contribution in [2.45, 2.75) is 47.0 Å². The van der Waals surface area contributed by atoms with Gasteiger partial charge < -0.3 is 10.6 Å². The second-order valence-electron chi connectivity index (χ2n) is 5.67. The summed E-state index contributed by atoms with van der Waals surface area (Å²) in [6, 6.07) is 0. The fourth-order valence-electron chi connectivity index (χ4n) is 2.44. The Hall–Kier alpha value is -0.640. The van der Waals surface area contributed by atoms with Gasteiger partial charge in [-0.3, -0.25) is 4.79 Å². The normalized spacial score (nSPS) is 19.4. The molecular weight excluding hydrogens is 232 g/mol. The summed E-state index contributed by atoms with van der Waals surface area (Å²) in [7, 11) is 0. The van der Waals surface area contributed by atoms with Gasteiger partial charge >= 0.3 is 0 Å². The van der Waals surface area contributed by atoms with E-state index in [-0.39, 0.29) is 10.9 Å². The second-order valence-corrected chi connectivity index (χ2v) is 6.11. The maximum Gasteiger partial charge on any atom is 0.235 e. The molecule has 1 aliphatic rings. The summed E-state index contributed by atoms with van der Waals surface area (Å²) in [4.78, 5) is 14.6. The molecule has 1 amide bonds. The van der Waals surface area contributed by atoms with Gasteiger partial charge in [-0.2, -0.15) is 0 Å². The van der Waals surface area contributed by atoms with Crippen LogP contribution >= 0.6 is 12.2 Å². The monoisotopic (exact) mass is 256 g/mol. The third-order valence-electron chi connectivity index (χ3n) is 4.38. The first-order valence-electron chi connectivity index (χ1n) is 6.38. The summed E-state index contributed by atoms with van der Waals surface area (Å²) >= 11 is 4.99. The van der Waals surface area contributed by atoms with Crippen molar-refractivity contribution in [1.82, 2.24) is 4.90 Å². The third kappa shape index (κ3) is 2.62. The smallest absolute Gasteiger partial charge is 0.235 e. The van der Waals surface area contributed by atoms with Crippen molar-refractivity contribution >= 4 is 23.1 Å². The number of hydrogen-bond donors (Lipinski definition) is 1. The van der Waals surface area contributed by atoms with E-state index in [9.17, 15) is 4.79 Å². The van der Waals surface area contributed by atoms with Crippen LogP contribution < -0.4 is 5.73 Å². The molecule has 3 nitrogen and oxygen atoms in total. The molecule has 0 unspecified atom stereocenters. The minimum Gasteiger partial charge on any atom is -0.392 e. The first kappa shape index (κ1) is 14.4. The summed E-state index contributed by atoms with van der Waals surface area (Å²) in [6.07, 6.45) is 3.35. The van der Waals surface area contributed by atoms with Crippen molar-refractivity contribution < 1.29 is 4.79 Å². The Balaban J connectivity index is 2.79. The fraction of sp³-hybridized carbons (Fsp3) is 0.846. The van der Waals surface area contributed by atoms with Gasteiger partial charge in [-0.05, 0) is 38.5 Å². The van der Waals surface area contributed by atoms with Gasteiger partial charge in [-0.25, -0.2) is 0 Å². The highest BCUT2D eigenvalue weighted by Gasteiger charge is 2.42. The number of hydrogen-bond acceptors (Lipinski definition) is 2. The molecule has 0 aromatic carbocycles. The lowest BCUT2D eigenvalue weighted by Crippen LogP contribution is -2.46. The van der Waals surface area contributed by atoms with Crippen LogP contribution in [0.2, 0.25) is 0 Å². The first-order valence-corrected chi connectivity index (χ1v) is 6.79. The molecule has 1 aliphatic heterocycles. The zero-order chi connectivity index (χ0) is 13.3. The van der Waals surface area contributed by atoms with E-state index in [0.717, 1.165) is 32.4 Å². The highest BCUT2D eigenvalue weighted by molar-refractivity contribution is 7.80. The summed E-state index contributed by atoms with van der Waals surface area (Å²) in [5, 5.41) is 0. The SMILES string of the molecule is CCC1(CC)CCN(C(=O)C(C)(C)C(N)=S)C1. The Kier molecular flexibility index (Phi) is 4.18. The number of rotatable bonds is 4.